The summed E-state index contributed by atoms with van der Waals surface area (Å²) < 4.78 is 39.8. The lowest BCUT2D eigenvalue weighted by atomic mass is 10.0. The van der Waals surface area contributed by atoms with E-state index in [0.29, 0.717) is 65.0 Å². The summed E-state index contributed by atoms with van der Waals surface area (Å²) in [5, 5.41) is 38.2. The van der Waals surface area contributed by atoms with Crippen LogP contribution in [0.5, 0.6) is 0 Å². The molecule has 0 atom stereocenters. The lowest BCUT2D eigenvalue weighted by Crippen LogP contribution is -2.41. The number of nitrogens with zero attached hydrogens (tertiary/aromatic N) is 3. The first-order valence-electron chi connectivity index (χ1n) is 65.6. The van der Waals surface area contributed by atoms with Crippen molar-refractivity contribution in [2.45, 2.75) is 697 Å². The van der Waals surface area contributed by atoms with Crippen molar-refractivity contribution >= 4 is 35.8 Å². The van der Waals surface area contributed by atoms with E-state index in [2.05, 4.69) is 70.1 Å². The van der Waals surface area contributed by atoms with Crippen LogP contribution < -0.4 is 0 Å². The fraction of sp³-hybridized carbons (Fsp3) is 0.954. The van der Waals surface area contributed by atoms with Crippen molar-refractivity contribution in [2.75, 3.05) is 105 Å². The van der Waals surface area contributed by atoms with E-state index in [1.807, 2.05) is 20.8 Å². The van der Waals surface area contributed by atoms with Crippen molar-refractivity contribution in [1.29, 1.82) is 0 Å². The van der Waals surface area contributed by atoms with Gasteiger partial charge < -0.3 is 63.4 Å². The molecule has 20 heteroatoms. The molecule has 0 aliphatic rings. The average molecular weight is 2130 g/mol. The van der Waals surface area contributed by atoms with Gasteiger partial charge in [0, 0.05) is 51.6 Å². The molecule has 0 unspecified atom stereocenters. The Hall–Kier alpha value is -3.50. The van der Waals surface area contributed by atoms with E-state index < -0.39 is 5.60 Å². The lowest BCUT2D eigenvalue weighted by molar-refractivity contribution is -0.155. The van der Waals surface area contributed by atoms with Crippen LogP contribution in [0.1, 0.15) is 667 Å². The van der Waals surface area contributed by atoms with Crippen molar-refractivity contribution in [2.24, 2.45) is 0 Å². The highest BCUT2D eigenvalue weighted by atomic mass is 16.6. The van der Waals surface area contributed by atoms with Crippen molar-refractivity contribution in [3.8, 4) is 0 Å². The van der Waals surface area contributed by atoms with E-state index in [-0.39, 0.29) is 86.6 Å². The predicted octanol–water partition coefficient (Wildman–Crippen LogP) is 35.4. The SMILES string of the molecule is CCCCCCCCC(CCCCCCCC)OC(=O)CCCCCCCN(CCO)CCCCCCCC(=O)OC(C)(C)C.CCCCCCCCCOC(=O)CCCCCCCN(CCCCCCCC(=O)OC(CCCCCCCC)CCCCCCCC)C(CO)CO.CCCCCCCCCOC(=O)CCCCCCCN(CCCCCCCC(=O)OC(CCCCCCCC)CCCCCCCC)CCOCCO. The van der Waals surface area contributed by atoms with E-state index >= 15 is 0 Å². The smallest absolute Gasteiger partial charge is 0.306 e. The zero-order valence-electron chi connectivity index (χ0n) is 102. The minimum atomic E-state index is -0.399. The third-order valence-corrected chi connectivity index (χ3v) is 29.8. The molecular weight excluding hydrogens is 1880 g/mol. The maximum Gasteiger partial charge on any atom is 0.306 e. The molecule has 0 fully saturated rings. The van der Waals surface area contributed by atoms with Crippen molar-refractivity contribution in [3.05, 3.63) is 0 Å². The van der Waals surface area contributed by atoms with Crippen molar-refractivity contribution in [3.63, 3.8) is 0 Å². The first-order valence-corrected chi connectivity index (χ1v) is 65.6. The zero-order chi connectivity index (χ0) is 110. The summed E-state index contributed by atoms with van der Waals surface area (Å²) in [4.78, 5) is 81.1. The Morgan fingerprint density at radius 2 is 0.413 bits per heavy atom. The third kappa shape index (κ3) is 118. The molecule has 0 heterocycles. The van der Waals surface area contributed by atoms with E-state index in [1.54, 1.807) is 0 Å². The molecule has 0 aliphatic heterocycles. The number of aliphatic hydroxyl groups is 4. The Balaban J connectivity index is -0.00000217. The summed E-state index contributed by atoms with van der Waals surface area (Å²) in [5.41, 5.74) is -0.399. The summed E-state index contributed by atoms with van der Waals surface area (Å²) in [6.45, 7) is 33.7. The van der Waals surface area contributed by atoms with Crippen LogP contribution in [0.4, 0.5) is 0 Å². The fourth-order valence-electron chi connectivity index (χ4n) is 20.2. The molecule has 0 spiro atoms. The van der Waals surface area contributed by atoms with Gasteiger partial charge in [-0.2, -0.15) is 0 Å². The molecule has 150 heavy (non-hydrogen) atoms. The molecule has 0 aromatic heterocycles. The first-order chi connectivity index (χ1) is 73.3. The molecule has 0 aromatic rings. The second kappa shape index (κ2) is 124. The quantitative estimate of drug-likeness (QED) is 0.0251. The van der Waals surface area contributed by atoms with Gasteiger partial charge in [-0.15, -0.1) is 0 Å². The summed E-state index contributed by atoms with van der Waals surface area (Å²) in [5.74, 6) is -0.174. The van der Waals surface area contributed by atoms with E-state index in [0.717, 1.165) is 284 Å². The van der Waals surface area contributed by atoms with Crippen molar-refractivity contribution in [1.82, 2.24) is 14.7 Å². The van der Waals surface area contributed by atoms with Crippen LogP contribution in [-0.2, 0) is 61.9 Å². The van der Waals surface area contributed by atoms with Gasteiger partial charge in [0.05, 0.1) is 58.9 Å². The van der Waals surface area contributed by atoms with Gasteiger partial charge in [-0.1, -0.05) is 441 Å². The number of unbranched alkanes of at least 4 members (excludes halogenated alkanes) is 66. The standard InChI is InChI=1S/C46H91NO6.C45H89NO6.C39H77NO5/c1-4-7-10-13-16-25-32-41-52-45(49)35-28-21-17-23-30-37-47(39-42-51-43-40-48)38-31-24-18-22-29-36-46(50)53-44(33-26-19-14-11-8-5-2)34-27-20-15-12-9-6-3;1-4-7-10-13-16-25-32-39-51-44(49)35-28-21-17-23-30-37-46(42(40-47)41-48)38-31-24-18-22-29-36-45(50)52-43(33-26-19-14-11-8-5-2)34-27-20-15-12-9-6-3;1-6-8-10-12-16-22-28-36(29-23-17-13-11-9-7-2)44-37(42)30-24-18-14-20-26-32-40(34-35-41)33-27-21-15-19-25-31-38(43)45-39(3,4)5/h44,48H,4-43H2,1-3H3;42-43,47-48H,4-41H2,1-3H3;36,41H,6-35H2,1-5H3. The third-order valence-electron chi connectivity index (χ3n) is 29.8. The highest BCUT2D eigenvalue weighted by Gasteiger charge is 2.22. The van der Waals surface area contributed by atoms with Gasteiger partial charge in [-0.3, -0.25) is 33.7 Å². The van der Waals surface area contributed by atoms with Crippen LogP contribution in [0.25, 0.3) is 0 Å². The van der Waals surface area contributed by atoms with Gasteiger partial charge in [0.1, 0.15) is 23.9 Å². The number of carbonyl (C=O) groups is 6. The Bertz CT molecular complexity index is 2670. The van der Waals surface area contributed by atoms with Gasteiger partial charge in [-0.05, 0) is 227 Å². The molecule has 0 aromatic carbocycles. The Kier molecular flexibility index (Phi) is 125. The van der Waals surface area contributed by atoms with Crippen LogP contribution in [-0.4, -0.2) is 206 Å². The molecule has 0 radical (unpaired) electrons. The fourth-order valence-corrected chi connectivity index (χ4v) is 20.2. The van der Waals surface area contributed by atoms with E-state index in [9.17, 15) is 44.1 Å². The van der Waals surface area contributed by atoms with E-state index in [4.69, 9.17) is 38.3 Å². The van der Waals surface area contributed by atoms with Gasteiger partial charge in [0.25, 0.3) is 0 Å². The van der Waals surface area contributed by atoms with Crippen LogP contribution in [0.3, 0.4) is 0 Å². The molecule has 0 bridgehead atoms. The Labute approximate surface area is 929 Å². The van der Waals surface area contributed by atoms with Gasteiger partial charge in [0.2, 0.25) is 0 Å². The zero-order valence-corrected chi connectivity index (χ0v) is 102. The molecule has 20 nitrogen and oxygen atoms in total. The number of aliphatic hydroxyl groups excluding tert-OH is 4. The summed E-state index contributed by atoms with van der Waals surface area (Å²) in [6, 6.07) is -0.207. The van der Waals surface area contributed by atoms with Crippen LogP contribution in [0.2, 0.25) is 0 Å². The number of carbonyl (C=O) groups excluding carboxylic acids is 6. The minimum absolute atomic E-state index is 0.0101. The predicted molar refractivity (Wildman–Crippen MR) is 635 cm³/mol. The molecule has 0 amide bonds. The first kappa shape index (κ1) is 151. The Morgan fingerprint density at radius 1 is 0.207 bits per heavy atom. The largest absolute Gasteiger partial charge is 0.466 e. The van der Waals surface area contributed by atoms with Crippen molar-refractivity contribution < 1.29 is 82.4 Å². The highest BCUT2D eigenvalue weighted by molar-refractivity contribution is 5.71. The normalized spacial score (nSPS) is 11.7. The lowest BCUT2D eigenvalue weighted by Gasteiger charge is -2.29. The summed E-state index contributed by atoms with van der Waals surface area (Å²) in [7, 11) is 0. The number of hydrogen-bond donors (Lipinski definition) is 4. The maximum atomic E-state index is 12.8. The summed E-state index contributed by atoms with van der Waals surface area (Å²) in [6.07, 6.45) is 105. The molecule has 0 aliphatic carbocycles. The van der Waals surface area contributed by atoms with E-state index in [1.165, 1.54) is 321 Å². The summed E-state index contributed by atoms with van der Waals surface area (Å²) >= 11 is 0. The molecule has 0 rings (SSSR count). The molecule has 4 N–H and O–H groups in total. The van der Waals surface area contributed by atoms with Gasteiger partial charge >= 0.3 is 35.8 Å². The number of hydrogen-bond acceptors (Lipinski definition) is 20. The second-order valence-corrected chi connectivity index (χ2v) is 45.8. The minimum Gasteiger partial charge on any atom is -0.466 e. The number of rotatable bonds is 119. The maximum absolute atomic E-state index is 12.8. The number of esters is 6. The topological polar surface area (TPSA) is 258 Å². The second-order valence-electron chi connectivity index (χ2n) is 45.8. The van der Waals surface area contributed by atoms with Crippen LogP contribution >= 0.6 is 0 Å². The van der Waals surface area contributed by atoms with Crippen LogP contribution in [0, 0.1) is 0 Å². The molecule has 894 valence electrons. The Morgan fingerprint density at radius 3 is 0.647 bits per heavy atom. The molecular formula is C130H257N3O17. The average Bonchev–Trinajstić information content (AvgIpc) is 0.926. The molecule has 0 saturated heterocycles. The van der Waals surface area contributed by atoms with Gasteiger partial charge in [-0.25, -0.2) is 0 Å². The molecule has 0 saturated carbocycles. The monoisotopic (exact) mass is 2130 g/mol. The van der Waals surface area contributed by atoms with Gasteiger partial charge in [0.15, 0.2) is 0 Å². The highest BCUT2D eigenvalue weighted by Crippen LogP contribution is 2.26. The number of ether oxygens (including phenoxy) is 7. The van der Waals surface area contributed by atoms with Crippen LogP contribution in [0.15, 0.2) is 0 Å².